The minimum atomic E-state index is -0.848. The lowest BCUT2D eigenvalue weighted by atomic mass is 9.85. The van der Waals surface area contributed by atoms with Crippen LogP contribution in [0.4, 0.5) is 0 Å². The van der Waals surface area contributed by atoms with E-state index >= 15 is 0 Å². The first-order valence-corrected chi connectivity index (χ1v) is 6.48. The standard InChI is InChI=1S/C11H13BrO2S/c1-11(2,10(13)14)8-5-4-7(12)6-9(8)15-3/h4-6H,1-3H3,(H,13,14). The summed E-state index contributed by atoms with van der Waals surface area (Å²) in [7, 11) is 0. The van der Waals surface area contributed by atoms with E-state index in [4.69, 9.17) is 5.11 Å². The van der Waals surface area contributed by atoms with E-state index in [1.54, 1.807) is 25.6 Å². The van der Waals surface area contributed by atoms with Gasteiger partial charge in [0.1, 0.15) is 0 Å². The Balaban J connectivity index is 3.31. The van der Waals surface area contributed by atoms with Gasteiger partial charge in [0.2, 0.25) is 0 Å². The van der Waals surface area contributed by atoms with Gasteiger partial charge in [-0.1, -0.05) is 22.0 Å². The van der Waals surface area contributed by atoms with Crippen molar-refractivity contribution in [2.24, 2.45) is 0 Å². The maximum absolute atomic E-state index is 11.2. The van der Waals surface area contributed by atoms with Crippen molar-refractivity contribution in [2.75, 3.05) is 6.26 Å². The number of halogens is 1. The van der Waals surface area contributed by atoms with Gasteiger partial charge in [-0.2, -0.15) is 0 Å². The quantitative estimate of drug-likeness (QED) is 0.865. The van der Waals surface area contributed by atoms with Gasteiger partial charge in [0, 0.05) is 9.37 Å². The molecule has 1 rings (SSSR count). The number of carboxylic acid groups (broad SMARTS) is 1. The van der Waals surface area contributed by atoms with Crippen molar-refractivity contribution < 1.29 is 9.90 Å². The van der Waals surface area contributed by atoms with E-state index in [-0.39, 0.29) is 0 Å². The summed E-state index contributed by atoms with van der Waals surface area (Å²) >= 11 is 4.94. The van der Waals surface area contributed by atoms with Crippen LogP contribution in [-0.4, -0.2) is 17.3 Å². The number of hydrogen-bond acceptors (Lipinski definition) is 2. The molecular formula is C11H13BrO2S. The van der Waals surface area contributed by atoms with Crippen LogP contribution in [-0.2, 0) is 10.2 Å². The van der Waals surface area contributed by atoms with Crippen molar-refractivity contribution in [3.63, 3.8) is 0 Å². The summed E-state index contributed by atoms with van der Waals surface area (Å²) in [6, 6.07) is 5.69. The minimum absolute atomic E-state index is 0.805. The topological polar surface area (TPSA) is 37.3 Å². The van der Waals surface area contributed by atoms with Crippen molar-refractivity contribution in [3.05, 3.63) is 28.2 Å². The van der Waals surface area contributed by atoms with E-state index in [1.165, 1.54) is 0 Å². The molecule has 82 valence electrons. The van der Waals surface area contributed by atoms with E-state index < -0.39 is 11.4 Å². The number of carbonyl (C=O) groups is 1. The Morgan fingerprint density at radius 1 is 1.47 bits per heavy atom. The lowest BCUT2D eigenvalue weighted by molar-refractivity contribution is -0.142. The van der Waals surface area contributed by atoms with Crippen molar-refractivity contribution in [2.45, 2.75) is 24.2 Å². The summed E-state index contributed by atoms with van der Waals surface area (Å²) in [5, 5.41) is 9.16. The number of hydrogen-bond donors (Lipinski definition) is 1. The predicted octanol–water partition coefficient (Wildman–Crippen LogP) is 3.53. The number of aliphatic carboxylic acids is 1. The van der Waals surface area contributed by atoms with Crippen molar-refractivity contribution >= 4 is 33.7 Å². The summed E-state index contributed by atoms with van der Waals surface area (Å²) in [5.41, 5.74) is 0.00433. The van der Waals surface area contributed by atoms with Gasteiger partial charge in [0.25, 0.3) is 0 Å². The highest BCUT2D eigenvalue weighted by molar-refractivity contribution is 9.10. The Bertz CT molecular complexity index is 388. The van der Waals surface area contributed by atoms with Gasteiger partial charge < -0.3 is 5.11 Å². The normalized spacial score (nSPS) is 11.5. The zero-order valence-corrected chi connectivity index (χ0v) is 11.3. The average molecular weight is 289 g/mol. The predicted molar refractivity (Wildman–Crippen MR) is 66.6 cm³/mol. The first-order valence-electron chi connectivity index (χ1n) is 4.47. The van der Waals surface area contributed by atoms with Crippen molar-refractivity contribution in [1.29, 1.82) is 0 Å². The molecule has 0 unspecified atom stereocenters. The van der Waals surface area contributed by atoms with E-state index in [9.17, 15) is 4.79 Å². The van der Waals surface area contributed by atoms with Crippen LogP contribution in [0.5, 0.6) is 0 Å². The third kappa shape index (κ3) is 2.55. The van der Waals surface area contributed by atoms with Crippen LogP contribution >= 0.6 is 27.7 Å². The van der Waals surface area contributed by atoms with Crippen LogP contribution in [0, 0.1) is 0 Å². The Kier molecular flexibility index (Phi) is 3.84. The first-order chi connectivity index (χ1) is 6.89. The Labute approximate surface area is 102 Å². The summed E-state index contributed by atoms with van der Waals surface area (Å²) in [4.78, 5) is 12.2. The third-order valence-corrected chi connectivity index (χ3v) is 3.64. The maximum atomic E-state index is 11.2. The highest BCUT2D eigenvalue weighted by Crippen LogP contribution is 2.33. The van der Waals surface area contributed by atoms with Crippen LogP contribution in [0.1, 0.15) is 19.4 Å². The molecule has 0 atom stereocenters. The molecule has 0 aliphatic rings. The first kappa shape index (κ1) is 12.6. The van der Waals surface area contributed by atoms with Crippen LogP contribution < -0.4 is 0 Å². The monoisotopic (exact) mass is 288 g/mol. The second kappa shape index (κ2) is 4.58. The van der Waals surface area contributed by atoms with Gasteiger partial charge in [0.15, 0.2) is 0 Å². The second-order valence-corrected chi connectivity index (χ2v) is 5.54. The minimum Gasteiger partial charge on any atom is -0.481 e. The van der Waals surface area contributed by atoms with Gasteiger partial charge >= 0.3 is 5.97 Å². The molecule has 0 spiro atoms. The SMILES string of the molecule is CSc1cc(Br)ccc1C(C)(C)C(=O)O. The van der Waals surface area contributed by atoms with Crippen LogP contribution in [0.25, 0.3) is 0 Å². The summed E-state index contributed by atoms with van der Waals surface area (Å²) < 4.78 is 0.969. The fraction of sp³-hybridized carbons (Fsp3) is 0.364. The Hall–Kier alpha value is -0.480. The largest absolute Gasteiger partial charge is 0.481 e. The number of carboxylic acids is 1. The molecule has 0 fully saturated rings. The Morgan fingerprint density at radius 2 is 2.07 bits per heavy atom. The summed E-state index contributed by atoms with van der Waals surface area (Å²) in [6.45, 7) is 3.44. The molecule has 1 aromatic carbocycles. The lowest BCUT2D eigenvalue weighted by Crippen LogP contribution is -2.29. The second-order valence-electron chi connectivity index (χ2n) is 3.77. The van der Waals surface area contributed by atoms with Crippen LogP contribution in [0.3, 0.4) is 0 Å². The molecule has 0 radical (unpaired) electrons. The van der Waals surface area contributed by atoms with E-state index in [2.05, 4.69) is 15.9 Å². The molecule has 1 aromatic rings. The highest BCUT2D eigenvalue weighted by Gasteiger charge is 2.31. The zero-order chi connectivity index (χ0) is 11.6. The summed E-state index contributed by atoms with van der Waals surface area (Å²) in [5.74, 6) is -0.805. The fourth-order valence-corrected chi connectivity index (χ4v) is 2.60. The van der Waals surface area contributed by atoms with Gasteiger partial charge in [-0.3, -0.25) is 4.79 Å². The molecule has 0 aliphatic heterocycles. The molecule has 0 aromatic heterocycles. The van der Waals surface area contributed by atoms with Gasteiger partial charge in [-0.15, -0.1) is 11.8 Å². The zero-order valence-electron chi connectivity index (χ0n) is 8.87. The van der Waals surface area contributed by atoms with Gasteiger partial charge in [0.05, 0.1) is 5.41 Å². The highest BCUT2D eigenvalue weighted by atomic mass is 79.9. The maximum Gasteiger partial charge on any atom is 0.313 e. The molecule has 0 saturated carbocycles. The molecule has 0 saturated heterocycles. The molecule has 0 bridgehead atoms. The molecule has 1 N–H and O–H groups in total. The summed E-state index contributed by atoms with van der Waals surface area (Å²) in [6.07, 6.45) is 1.95. The molecule has 0 amide bonds. The number of thioether (sulfide) groups is 1. The number of benzene rings is 1. The molecule has 2 nitrogen and oxygen atoms in total. The fourth-order valence-electron chi connectivity index (χ4n) is 1.30. The lowest BCUT2D eigenvalue weighted by Gasteiger charge is -2.22. The van der Waals surface area contributed by atoms with Crippen molar-refractivity contribution in [3.8, 4) is 0 Å². The average Bonchev–Trinajstić information content (AvgIpc) is 2.16. The van der Waals surface area contributed by atoms with Gasteiger partial charge in [-0.25, -0.2) is 0 Å². The number of rotatable bonds is 3. The molecule has 0 aliphatic carbocycles. The van der Waals surface area contributed by atoms with Crippen LogP contribution in [0.2, 0.25) is 0 Å². The molecule has 15 heavy (non-hydrogen) atoms. The smallest absolute Gasteiger partial charge is 0.313 e. The van der Waals surface area contributed by atoms with Crippen LogP contribution in [0.15, 0.2) is 27.6 Å². The third-order valence-electron chi connectivity index (χ3n) is 2.37. The van der Waals surface area contributed by atoms with Crippen molar-refractivity contribution in [1.82, 2.24) is 0 Å². The molecule has 4 heteroatoms. The van der Waals surface area contributed by atoms with Gasteiger partial charge in [-0.05, 0) is 37.8 Å². The Morgan fingerprint density at radius 3 is 2.53 bits per heavy atom. The molecule has 0 heterocycles. The van der Waals surface area contributed by atoms with E-state index in [0.717, 1.165) is 14.9 Å². The van der Waals surface area contributed by atoms with E-state index in [1.807, 2.05) is 24.5 Å². The molecular weight excluding hydrogens is 276 g/mol. The van der Waals surface area contributed by atoms with E-state index in [0.29, 0.717) is 0 Å².